The topological polar surface area (TPSA) is 65.1 Å². The summed E-state index contributed by atoms with van der Waals surface area (Å²) in [5, 5.41) is 2.13. The zero-order valence-corrected chi connectivity index (χ0v) is 22.8. The first-order chi connectivity index (χ1) is 15.8. The molecular weight excluding hydrogens is 446 g/mol. The van der Waals surface area contributed by atoms with Crippen molar-refractivity contribution in [3.63, 3.8) is 0 Å². The van der Waals surface area contributed by atoms with Gasteiger partial charge in [-0.25, -0.2) is 9.59 Å². The molecule has 0 aliphatic carbocycles. The van der Waals surface area contributed by atoms with Gasteiger partial charge in [0, 0.05) is 20.1 Å². The number of ether oxygens (including phenoxy) is 2. The number of hydrogen-bond donors (Lipinski definition) is 0. The fourth-order valence-electron chi connectivity index (χ4n) is 4.15. The highest BCUT2D eigenvalue weighted by atomic mass is 28.4. The minimum atomic E-state index is -2.75. The van der Waals surface area contributed by atoms with E-state index in [1.807, 2.05) is 36.4 Å². The van der Waals surface area contributed by atoms with Crippen LogP contribution in [-0.4, -0.2) is 57.7 Å². The average Bonchev–Trinajstić information content (AvgIpc) is 2.77. The van der Waals surface area contributed by atoms with Crippen molar-refractivity contribution in [1.82, 2.24) is 4.90 Å². The number of carbonyl (C=O) groups excluding carboxylic acids is 2. The third-order valence-electron chi connectivity index (χ3n) is 5.75. The maximum absolute atomic E-state index is 12.6. The second kappa shape index (κ2) is 11.2. The van der Waals surface area contributed by atoms with Gasteiger partial charge in [0.2, 0.25) is 0 Å². The molecule has 0 N–H and O–H groups in total. The first kappa shape index (κ1) is 27.6. The van der Waals surface area contributed by atoms with Crippen molar-refractivity contribution in [2.45, 2.75) is 64.6 Å². The quantitative estimate of drug-likeness (QED) is 0.411. The summed E-state index contributed by atoms with van der Waals surface area (Å²) in [7, 11) is 0.127. The lowest BCUT2D eigenvalue weighted by molar-refractivity contribution is -0.146. The molecule has 0 aromatic heterocycles. The van der Waals surface area contributed by atoms with Crippen molar-refractivity contribution < 1.29 is 23.5 Å². The second-order valence-electron chi connectivity index (χ2n) is 10.4. The third kappa shape index (κ3) is 6.48. The molecule has 0 saturated carbocycles. The van der Waals surface area contributed by atoms with Crippen LogP contribution in [0.4, 0.5) is 4.79 Å². The number of hydrogen-bond acceptors (Lipinski definition) is 5. The molecule has 0 bridgehead atoms. The van der Waals surface area contributed by atoms with Crippen LogP contribution in [0.5, 0.6) is 0 Å². The number of amides is 1. The number of rotatable bonds is 8. The average molecular weight is 486 g/mol. The highest BCUT2D eigenvalue weighted by molar-refractivity contribution is 6.99. The summed E-state index contributed by atoms with van der Waals surface area (Å²) < 4.78 is 17.3. The van der Waals surface area contributed by atoms with E-state index in [-0.39, 0.29) is 18.1 Å². The van der Waals surface area contributed by atoms with Crippen molar-refractivity contribution in [1.29, 1.82) is 0 Å². The Morgan fingerprint density at radius 2 is 1.35 bits per heavy atom. The minimum absolute atomic E-state index is 0.187. The normalized spacial score (nSPS) is 13.2. The summed E-state index contributed by atoms with van der Waals surface area (Å²) in [6.45, 7) is 12.2. The van der Waals surface area contributed by atoms with E-state index in [0.717, 1.165) is 10.4 Å². The van der Waals surface area contributed by atoms with E-state index in [2.05, 4.69) is 45.0 Å². The van der Waals surface area contributed by atoms with Gasteiger partial charge >= 0.3 is 12.1 Å². The van der Waals surface area contributed by atoms with Gasteiger partial charge in [0.1, 0.15) is 11.6 Å². The van der Waals surface area contributed by atoms with Crippen LogP contribution in [0, 0.1) is 0 Å². The van der Waals surface area contributed by atoms with Crippen LogP contribution in [0.3, 0.4) is 0 Å². The predicted octanol–water partition coefficient (Wildman–Crippen LogP) is 4.36. The Kier molecular flexibility index (Phi) is 9.08. The molecule has 1 amide bonds. The number of likely N-dealkylation sites (N-methyl/N-ethyl adjacent to an activating group) is 1. The molecule has 2 aromatic rings. The Hall–Kier alpha value is -2.64. The summed E-state index contributed by atoms with van der Waals surface area (Å²) in [6, 6.07) is 19.8. The van der Waals surface area contributed by atoms with Crippen molar-refractivity contribution in [2.75, 3.05) is 20.8 Å². The van der Waals surface area contributed by atoms with Crippen LogP contribution < -0.4 is 10.4 Å². The zero-order valence-electron chi connectivity index (χ0n) is 21.8. The molecule has 0 aliphatic rings. The smallest absolute Gasteiger partial charge is 0.410 e. The summed E-state index contributed by atoms with van der Waals surface area (Å²) in [4.78, 5) is 26.5. The lowest BCUT2D eigenvalue weighted by atomic mass is 10.2. The summed E-state index contributed by atoms with van der Waals surface area (Å²) in [5.74, 6) is -0.501. The van der Waals surface area contributed by atoms with Gasteiger partial charge in [0.25, 0.3) is 8.32 Å². The number of methoxy groups -OCH3 is 1. The van der Waals surface area contributed by atoms with Crippen molar-refractivity contribution in [3.05, 3.63) is 60.7 Å². The maximum atomic E-state index is 12.6. The standard InChI is InChI=1S/C27H39NO5Si/c1-26(2,3)33-25(30)28(7)23(24(29)31-8)19-20-32-34(27(4,5)6,21-15-11-9-12-16-21)22-17-13-10-14-18-22/h9-18,23H,19-20H2,1-8H3/t23-/m1/s1. The highest BCUT2D eigenvalue weighted by Gasteiger charge is 2.50. The lowest BCUT2D eigenvalue weighted by Gasteiger charge is -2.43. The highest BCUT2D eigenvalue weighted by Crippen LogP contribution is 2.37. The van der Waals surface area contributed by atoms with Crippen molar-refractivity contribution in [3.8, 4) is 0 Å². The molecule has 1 atom stereocenters. The zero-order chi connectivity index (χ0) is 25.6. The predicted molar refractivity (Wildman–Crippen MR) is 138 cm³/mol. The van der Waals surface area contributed by atoms with Crippen LogP contribution in [0.15, 0.2) is 60.7 Å². The van der Waals surface area contributed by atoms with Gasteiger partial charge in [-0.1, -0.05) is 81.4 Å². The Morgan fingerprint density at radius 1 is 0.882 bits per heavy atom. The van der Waals surface area contributed by atoms with Crippen molar-refractivity contribution >= 4 is 30.8 Å². The second-order valence-corrected chi connectivity index (χ2v) is 14.7. The molecule has 0 radical (unpaired) electrons. The fraction of sp³-hybridized carbons (Fsp3) is 0.481. The summed E-state index contributed by atoms with van der Waals surface area (Å²) in [6.07, 6.45) is -0.291. The molecule has 2 rings (SSSR count). The SMILES string of the molecule is COC(=O)[C@@H](CCO[Si](c1ccccc1)(c1ccccc1)C(C)(C)C)N(C)C(=O)OC(C)(C)C. The number of benzene rings is 2. The molecule has 7 heteroatoms. The fourth-order valence-corrected chi connectivity index (χ4v) is 8.73. The molecule has 0 aliphatic heterocycles. The van der Waals surface area contributed by atoms with Crippen molar-refractivity contribution in [2.24, 2.45) is 0 Å². The number of esters is 1. The first-order valence-corrected chi connectivity index (χ1v) is 13.5. The molecule has 0 unspecified atom stereocenters. The maximum Gasteiger partial charge on any atom is 0.410 e. The van der Waals surface area contributed by atoms with E-state index in [4.69, 9.17) is 13.9 Å². The van der Waals surface area contributed by atoms with Gasteiger partial charge in [0.05, 0.1) is 7.11 Å². The van der Waals surface area contributed by atoms with Gasteiger partial charge in [-0.15, -0.1) is 0 Å². The van der Waals surface area contributed by atoms with Gasteiger partial charge in [-0.3, -0.25) is 4.90 Å². The molecule has 0 heterocycles. The Morgan fingerprint density at radius 3 is 1.74 bits per heavy atom. The van der Waals surface area contributed by atoms with Gasteiger partial charge in [-0.05, 0) is 36.2 Å². The number of carbonyl (C=O) groups is 2. The van der Waals surface area contributed by atoms with Gasteiger partial charge in [0.15, 0.2) is 0 Å². The molecule has 2 aromatic carbocycles. The summed E-state index contributed by atoms with van der Waals surface area (Å²) >= 11 is 0. The molecule has 34 heavy (non-hydrogen) atoms. The molecule has 0 saturated heterocycles. The molecule has 0 spiro atoms. The van der Waals surface area contributed by atoms with Crippen LogP contribution in [0.2, 0.25) is 5.04 Å². The van der Waals surface area contributed by atoms with Crippen LogP contribution in [-0.2, 0) is 18.7 Å². The van der Waals surface area contributed by atoms with E-state index >= 15 is 0 Å². The molecule has 186 valence electrons. The Labute approximate surface area is 205 Å². The Balaban J connectivity index is 2.38. The van der Waals surface area contributed by atoms with Gasteiger partial charge in [-0.2, -0.15) is 0 Å². The van der Waals surface area contributed by atoms with Crippen LogP contribution in [0.25, 0.3) is 0 Å². The first-order valence-electron chi connectivity index (χ1n) is 11.6. The van der Waals surface area contributed by atoms with Crippen LogP contribution >= 0.6 is 0 Å². The van der Waals surface area contributed by atoms with E-state index in [1.54, 1.807) is 27.8 Å². The van der Waals surface area contributed by atoms with E-state index in [0.29, 0.717) is 0 Å². The van der Waals surface area contributed by atoms with E-state index in [9.17, 15) is 9.59 Å². The molecular formula is C27H39NO5Si. The van der Waals surface area contributed by atoms with E-state index in [1.165, 1.54) is 12.0 Å². The largest absolute Gasteiger partial charge is 0.467 e. The van der Waals surface area contributed by atoms with E-state index < -0.39 is 32.0 Å². The van der Waals surface area contributed by atoms with Gasteiger partial charge < -0.3 is 13.9 Å². The lowest BCUT2D eigenvalue weighted by Crippen LogP contribution is -2.66. The molecule has 0 fully saturated rings. The number of nitrogens with zero attached hydrogens (tertiary/aromatic N) is 1. The minimum Gasteiger partial charge on any atom is -0.467 e. The van der Waals surface area contributed by atoms with Crippen LogP contribution in [0.1, 0.15) is 48.0 Å². The Bertz CT molecular complexity index is 895. The molecule has 6 nitrogen and oxygen atoms in total. The monoisotopic (exact) mass is 485 g/mol. The summed E-state index contributed by atoms with van der Waals surface area (Å²) in [5.41, 5.74) is -0.669. The third-order valence-corrected chi connectivity index (χ3v) is 10.8.